The number of thiazole rings is 1. The SMILES string of the molecule is CCN(C[C@H](C)O)C(=O)Nc1ncc(Cc2cccc(F)c2)s1. The Kier molecular flexibility index (Phi) is 6.06. The van der Waals surface area contributed by atoms with E-state index in [2.05, 4.69) is 10.3 Å². The number of rotatable bonds is 6. The highest BCUT2D eigenvalue weighted by Crippen LogP contribution is 2.21. The number of hydrogen-bond donors (Lipinski definition) is 2. The quantitative estimate of drug-likeness (QED) is 0.851. The molecule has 0 fully saturated rings. The maximum Gasteiger partial charge on any atom is 0.323 e. The second-order valence-electron chi connectivity index (χ2n) is 5.26. The average molecular weight is 337 g/mol. The topological polar surface area (TPSA) is 65.5 Å². The number of aliphatic hydroxyl groups excluding tert-OH is 1. The normalized spacial score (nSPS) is 12.0. The maximum absolute atomic E-state index is 13.2. The Hall–Kier alpha value is -1.99. The number of nitrogens with one attached hydrogen (secondary N) is 1. The summed E-state index contributed by atoms with van der Waals surface area (Å²) in [7, 11) is 0. The molecule has 0 unspecified atom stereocenters. The van der Waals surface area contributed by atoms with Crippen LogP contribution in [0, 0.1) is 5.82 Å². The van der Waals surface area contributed by atoms with Gasteiger partial charge < -0.3 is 10.0 Å². The number of benzene rings is 1. The lowest BCUT2D eigenvalue weighted by Gasteiger charge is -2.21. The van der Waals surface area contributed by atoms with Crippen LogP contribution in [0.3, 0.4) is 0 Å². The van der Waals surface area contributed by atoms with E-state index >= 15 is 0 Å². The molecule has 2 rings (SSSR count). The number of anilines is 1. The summed E-state index contributed by atoms with van der Waals surface area (Å²) in [6, 6.07) is 6.12. The number of urea groups is 1. The molecule has 0 bridgehead atoms. The summed E-state index contributed by atoms with van der Waals surface area (Å²) in [4.78, 5) is 18.7. The molecule has 0 radical (unpaired) electrons. The fraction of sp³-hybridized carbons (Fsp3) is 0.375. The number of likely N-dealkylation sites (N-methyl/N-ethyl adjacent to an activating group) is 1. The van der Waals surface area contributed by atoms with Crippen molar-refractivity contribution in [3.8, 4) is 0 Å². The van der Waals surface area contributed by atoms with Crippen molar-refractivity contribution in [1.29, 1.82) is 0 Å². The zero-order chi connectivity index (χ0) is 16.8. The van der Waals surface area contributed by atoms with Gasteiger partial charge in [0.1, 0.15) is 5.82 Å². The van der Waals surface area contributed by atoms with Crippen molar-refractivity contribution >= 4 is 22.5 Å². The monoisotopic (exact) mass is 337 g/mol. The Labute approximate surface area is 138 Å². The van der Waals surface area contributed by atoms with E-state index in [1.165, 1.54) is 28.4 Å². The van der Waals surface area contributed by atoms with Crippen molar-refractivity contribution in [3.05, 3.63) is 46.7 Å². The summed E-state index contributed by atoms with van der Waals surface area (Å²) in [5, 5.41) is 12.6. The molecule has 2 N–H and O–H groups in total. The van der Waals surface area contributed by atoms with Gasteiger partial charge in [-0.15, -0.1) is 11.3 Å². The molecule has 7 heteroatoms. The van der Waals surface area contributed by atoms with Crippen molar-refractivity contribution in [1.82, 2.24) is 9.88 Å². The summed E-state index contributed by atoms with van der Waals surface area (Å²) in [5.74, 6) is -0.266. The predicted octanol–water partition coefficient (Wildman–Crippen LogP) is 3.11. The van der Waals surface area contributed by atoms with Gasteiger partial charge >= 0.3 is 6.03 Å². The van der Waals surface area contributed by atoms with Crippen molar-refractivity contribution in [3.63, 3.8) is 0 Å². The fourth-order valence-corrected chi connectivity index (χ4v) is 2.98. The first-order valence-electron chi connectivity index (χ1n) is 7.41. The van der Waals surface area contributed by atoms with Gasteiger partial charge in [0, 0.05) is 30.6 Å². The molecule has 0 aliphatic heterocycles. The lowest BCUT2D eigenvalue weighted by Crippen LogP contribution is -2.39. The van der Waals surface area contributed by atoms with Crippen LogP contribution in [0.25, 0.3) is 0 Å². The van der Waals surface area contributed by atoms with Gasteiger partial charge in [-0.25, -0.2) is 14.2 Å². The van der Waals surface area contributed by atoms with E-state index in [1.807, 2.05) is 13.0 Å². The Balaban J connectivity index is 1.97. The van der Waals surface area contributed by atoms with E-state index < -0.39 is 6.10 Å². The van der Waals surface area contributed by atoms with Gasteiger partial charge in [0.25, 0.3) is 0 Å². The minimum Gasteiger partial charge on any atom is -0.392 e. The number of aliphatic hydroxyl groups is 1. The van der Waals surface area contributed by atoms with Crippen molar-refractivity contribution in [2.75, 3.05) is 18.4 Å². The molecule has 0 saturated heterocycles. The lowest BCUT2D eigenvalue weighted by molar-refractivity contribution is 0.141. The highest BCUT2D eigenvalue weighted by Gasteiger charge is 2.15. The molecule has 0 aliphatic rings. The first-order valence-corrected chi connectivity index (χ1v) is 8.22. The van der Waals surface area contributed by atoms with Gasteiger partial charge in [-0.3, -0.25) is 5.32 Å². The highest BCUT2D eigenvalue weighted by molar-refractivity contribution is 7.15. The van der Waals surface area contributed by atoms with Crippen LogP contribution < -0.4 is 5.32 Å². The summed E-state index contributed by atoms with van der Waals surface area (Å²) in [6.45, 7) is 4.25. The van der Waals surface area contributed by atoms with Gasteiger partial charge in [-0.05, 0) is 31.5 Å². The van der Waals surface area contributed by atoms with Crippen LogP contribution in [-0.2, 0) is 6.42 Å². The fourth-order valence-electron chi connectivity index (χ4n) is 2.14. The van der Waals surface area contributed by atoms with Crippen LogP contribution in [0.4, 0.5) is 14.3 Å². The van der Waals surface area contributed by atoms with E-state index in [0.717, 1.165) is 10.4 Å². The minimum atomic E-state index is -0.583. The maximum atomic E-state index is 13.2. The first kappa shape index (κ1) is 17.4. The van der Waals surface area contributed by atoms with Crippen molar-refractivity contribution in [2.45, 2.75) is 26.4 Å². The summed E-state index contributed by atoms with van der Waals surface area (Å²) in [6.07, 6.45) is 1.66. The molecule has 5 nitrogen and oxygen atoms in total. The second-order valence-corrected chi connectivity index (χ2v) is 6.37. The standard InChI is InChI=1S/C16H20FN3O2S/c1-3-20(10-11(2)21)16(22)19-15-18-9-14(23-15)8-12-5-4-6-13(17)7-12/h4-7,9,11,21H,3,8,10H2,1-2H3,(H,18,19,22)/t11-/m0/s1. The molecule has 1 aromatic heterocycles. The van der Waals surface area contributed by atoms with Gasteiger partial charge in [0.05, 0.1) is 6.10 Å². The van der Waals surface area contributed by atoms with Crippen molar-refractivity contribution < 1.29 is 14.3 Å². The molecular formula is C16H20FN3O2S. The van der Waals surface area contributed by atoms with E-state index in [-0.39, 0.29) is 18.4 Å². The summed E-state index contributed by atoms with van der Waals surface area (Å²) < 4.78 is 13.2. The third-order valence-corrected chi connectivity index (χ3v) is 4.10. The smallest absolute Gasteiger partial charge is 0.323 e. The van der Waals surface area contributed by atoms with Crippen molar-refractivity contribution in [2.24, 2.45) is 0 Å². The average Bonchev–Trinajstić information content (AvgIpc) is 2.91. The number of halogens is 1. The van der Waals surface area contributed by atoms with Gasteiger partial charge in [0.15, 0.2) is 5.13 Å². The molecule has 1 heterocycles. The largest absolute Gasteiger partial charge is 0.392 e. The number of nitrogens with zero attached hydrogens (tertiary/aromatic N) is 2. The third-order valence-electron chi connectivity index (χ3n) is 3.19. The van der Waals surface area contributed by atoms with E-state index in [1.54, 1.807) is 19.2 Å². The Morgan fingerprint density at radius 3 is 2.96 bits per heavy atom. The van der Waals surface area contributed by atoms with Crippen LogP contribution in [0.5, 0.6) is 0 Å². The molecule has 1 atom stereocenters. The van der Waals surface area contributed by atoms with Gasteiger partial charge in [-0.2, -0.15) is 0 Å². The first-order chi connectivity index (χ1) is 11.0. The number of amides is 2. The minimum absolute atomic E-state index is 0.266. The summed E-state index contributed by atoms with van der Waals surface area (Å²) >= 11 is 1.35. The summed E-state index contributed by atoms with van der Waals surface area (Å²) in [5.41, 5.74) is 0.857. The predicted molar refractivity (Wildman–Crippen MR) is 89.3 cm³/mol. The Morgan fingerprint density at radius 1 is 1.52 bits per heavy atom. The number of aromatic nitrogens is 1. The van der Waals surface area contributed by atoms with Crippen LogP contribution in [-0.4, -0.2) is 40.2 Å². The highest BCUT2D eigenvalue weighted by atomic mass is 32.1. The van der Waals surface area contributed by atoms with Crippen LogP contribution >= 0.6 is 11.3 Å². The number of carbonyl (C=O) groups excluding carboxylic acids is 1. The molecule has 0 saturated carbocycles. The zero-order valence-electron chi connectivity index (χ0n) is 13.1. The zero-order valence-corrected chi connectivity index (χ0v) is 13.9. The van der Waals surface area contributed by atoms with E-state index in [0.29, 0.717) is 18.1 Å². The van der Waals surface area contributed by atoms with Gasteiger partial charge in [0.2, 0.25) is 0 Å². The molecule has 124 valence electrons. The van der Waals surface area contributed by atoms with Crippen LogP contribution in [0.2, 0.25) is 0 Å². The number of hydrogen-bond acceptors (Lipinski definition) is 4. The van der Waals surface area contributed by atoms with E-state index in [4.69, 9.17) is 0 Å². The molecule has 2 aromatic rings. The molecule has 1 aromatic carbocycles. The lowest BCUT2D eigenvalue weighted by atomic mass is 10.1. The molecule has 0 spiro atoms. The Bertz CT molecular complexity index is 660. The van der Waals surface area contributed by atoms with E-state index in [9.17, 15) is 14.3 Å². The van der Waals surface area contributed by atoms with Crippen LogP contribution in [0.1, 0.15) is 24.3 Å². The molecule has 0 aliphatic carbocycles. The Morgan fingerprint density at radius 2 is 2.30 bits per heavy atom. The number of carbonyl (C=O) groups is 1. The third kappa shape index (κ3) is 5.30. The molecule has 2 amide bonds. The van der Waals surface area contributed by atoms with Gasteiger partial charge in [-0.1, -0.05) is 12.1 Å². The molecule has 23 heavy (non-hydrogen) atoms. The second kappa shape index (κ2) is 8.03. The molecular weight excluding hydrogens is 317 g/mol. The van der Waals surface area contributed by atoms with Crippen LogP contribution in [0.15, 0.2) is 30.5 Å².